The average Bonchev–Trinajstić information content (AvgIpc) is 2.69. The van der Waals surface area contributed by atoms with Crippen LogP contribution >= 0.6 is 0 Å². The Morgan fingerprint density at radius 2 is 1.85 bits per heavy atom. The molecule has 0 aliphatic carbocycles. The van der Waals surface area contributed by atoms with Crippen LogP contribution in [0.25, 0.3) is 11.0 Å². The van der Waals surface area contributed by atoms with Crippen molar-refractivity contribution in [2.45, 2.75) is 59.4 Å². The zero-order valence-corrected chi connectivity index (χ0v) is 13.8. The highest BCUT2D eigenvalue weighted by atomic mass is 16.3. The molecular formula is C18H27NO. The Kier molecular flexibility index (Phi) is 3.97. The Balaban J connectivity index is 2.89. The first-order valence-corrected chi connectivity index (χ1v) is 7.47. The Hall–Kier alpha value is -1.28. The van der Waals surface area contributed by atoms with Crippen LogP contribution in [0.3, 0.4) is 0 Å². The summed E-state index contributed by atoms with van der Waals surface area (Å²) in [6, 6.07) is 4.44. The van der Waals surface area contributed by atoms with Crippen molar-refractivity contribution in [3.63, 3.8) is 0 Å². The fraction of sp³-hybridized carbons (Fsp3) is 0.556. The standard InChI is InChI=1S/C18H27NO/c1-11(2)13-9-8-12(3)17-15(13)16(18(4,5)6)14(20-17)10-19-7/h8-9,11,19H,10H2,1-7H3. The van der Waals surface area contributed by atoms with Crippen molar-refractivity contribution in [3.05, 3.63) is 34.6 Å². The van der Waals surface area contributed by atoms with Gasteiger partial charge in [-0.3, -0.25) is 0 Å². The van der Waals surface area contributed by atoms with Crippen molar-refractivity contribution in [1.82, 2.24) is 5.32 Å². The van der Waals surface area contributed by atoms with E-state index in [2.05, 4.69) is 59.0 Å². The van der Waals surface area contributed by atoms with Crippen LogP contribution in [0.5, 0.6) is 0 Å². The molecule has 0 spiro atoms. The van der Waals surface area contributed by atoms with Gasteiger partial charge in [-0.2, -0.15) is 0 Å². The third kappa shape index (κ3) is 2.49. The van der Waals surface area contributed by atoms with Crippen molar-refractivity contribution in [2.75, 3.05) is 7.05 Å². The summed E-state index contributed by atoms with van der Waals surface area (Å²) >= 11 is 0. The fourth-order valence-electron chi connectivity index (χ4n) is 2.96. The van der Waals surface area contributed by atoms with Crippen LogP contribution in [0.4, 0.5) is 0 Å². The molecule has 0 unspecified atom stereocenters. The molecule has 2 nitrogen and oxygen atoms in total. The molecule has 0 aliphatic heterocycles. The summed E-state index contributed by atoms with van der Waals surface area (Å²) in [4.78, 5) is 0. The lowest BCUT2D eigenvalue weighted by molar-refractivity contribution is 0.494. The molecule has 2 aromatic rings. The van der Waals surface area contributed by atoms with Gasteiger partial charge in [-0.25, -0.2) is 0 Å². The molecular weight excluding hydrogens is 246 g/mol. The molecule has 1 aromatic heterocycles. The van der Waals surface area contributed by atoms with Crippen LogP contribution in [0, 0.1) is 6.92 Å². The molecule has 0 saturated heterocycles. The van der Waals surface area contributed by atoms with E-state index in [0.29, 0.717) is 5.92 Å². The van der Waals surface area contributed by atoms with Gasteiger partial charge in [0.1, 0.15) is 11.3 Å². The second-order valence-corrected chi connectivity index (χ2v) is 7.01. The molecule has 0 bridgehead atoms. The largest absolute Gasteiger partial charge is 0.459 e. The number of nitrogens with one attached hydrogen (secondary N) is 1. The van der Waals surface area contributed by atoms with Gasteiger partial charge in [0.25, 0.3) is 0 Å². The van der Waals surface area contributed by atoms with Crippen molar-refractivity contribution in [3.8, 4) is 0 Å². The highest BCUT2D eigenvalue weighted by Crippen LogP contribution is 2.40. The number of fused-ring (bicyclic) bond motifs is 1. The predicted molar refractivity (Wildman–Crippen MR) is 86.5 cm³/mol. The molecule has 2 rings (SSSR count). The third-order valence-corrected chi connectivity index (χ3v) is 3.85. The normalized spacial score (nSPS) is 12.6. The highest BCUT2D eigenvalue weighted by molar-refractivity contribution is 5.89. The minimum atomic E-state index is 0.0782. The minimum absolute atomic E-state index is 0.0782. The van der Waals surface area contributed by atoms with Crippen molar-refractivity contribution in [2.24, 2.45) is 0 Å². The summed E-state index contributed by atoms with van der Waals surface area (Å²) in [7, 11) is 1.97. The summed E-state index contributed by atoms with van der Waals surface area (Å²) in [6.45, 7) is 14.2. The van der Waals surface area contributed by atoms with Crippen LogP contribution in [-0.4, -0.2) is 7.05 Å². The first kappa shape index (κ1) is 15.1. The van der Waals surface area contributed by atoms with E-state index in [1.165, 1.54) is 22.1 Å². The summed E-state index contributed by atoms with van der Waals surface area (Å²) in [6.07, 6.45) is 0. The number of furan rings is 1. The summed E-state index contributed by atoms with van der Waals surface area (Å²) in [5.41, 5.74) is 5.11. The Labute approximate surface area is 122 Å². The molecule has 1 N–H and O–H groups in total. The maximum Gasteiger partial charge on any atom is 0.137 e. The zero-order valence-electron chi connectivity index (χ0n) is 13.8. The van der Waals surface area contributed by atoms with E-state index in [1.54, 1.807) is 0 Å². The molecule has 1 aromatic carbocycles. The molecule has 2 heteroatoms. The number of hydrogen-bond donors (Lipinski definition) is 1. The van der Waals surface area contributed by atoms with E-state index < -0.39 is 0 Å². The zero-order chi connectivity index (χ0) is 15.1. The number of rotatable bonds is 3. The van der Waals surface area contributed by atoms with Crippen LogP contribution in [0.15, 0.2) is 16.5 Å². The summed E-state index contributed by atoms with van der Waals surface area (Å²) < 4.78 is 6.23. The van der Waals surface area contributed by atoms with E-state index in [1.807, 2.05) is 7.05 Å². The molecule has 0 saturated carbocycles. The molecule has 20 heavy (non-hydrogen) atoms. The van der Waals surface area contributed by atoms with Gasteiger partial charge in [-0.1, -0.05) is 46.8 Å². The lowest BCUT2D eigenvalue weighted by atomic mass is 9.82. The second-order valence-electron chi connectivity index (χ2n) is 7.01. The molecule has 0 atom stereocenters. The van der Waals surface area contributed by atoms with Gasteiger partial charge in [0.2, 0.25) is 0 Å². The quantitative estimate of drug-likeness (QED) is 0.862. The molecule has 1 heterocycles. The number of hydrogen-bond acceptors (Lipinski definition) is 2. The topological polar surface area (TPSA) is 25.2 Å². The van der Waals surface area contributed by atoms with Crippen LogP contribution in [-0.2, 0) is 12.0 Å². The van der Waals surface area contributed by atoms with E-state index in [-0.39, 0.29) is 5.41 Å². The number of benzene rings is 1. The molecule has 0 amide bonds. The molecule has 0 aliphatic rings. The minimum Gasteiger partial charge on any atom is -0.459 e. The van der Waals surface area contributed by atoms with Gasteiger partial charge in [0, 0.05) is 10.9 Å². The molecule has 110 valence electrons. The third-order valence-electron chi connectivity index (χ3n) is 3.85. The fourth-order valence-corrected chi connectivity index (χ4v) is 2.96. The second kappa shape index (κ2) is 5.25. The van der Waals surface area contributed by atoms with Crippen molar-refractivity contribution < 1.29 is 4.42 Å². The van der Waals surface area contributed by atoms with Crippen molar-refractivity contribution >= 4 is 11.0 Å². The van der Waals surface area contributed by atoms with Gasteiger partial charge in [0.05, 0.1) is 6.54 Å². The van der Waals surface area contributed by atoms with E-state index in [9.17, 15) is 0 Å². The van der Waals surface area contributed by atoms with E-state index in [4.69, 9.17) is 4.42 Å². The van der Waals surface area contributed by atoms with Gasteiger partial charge < -0.3 is 9.73 Å². The average molecular weight is 273 g/mol. The lowest BCUT2D eigenvalue weighted by Crippen LogP contribution is -2.16. The Morgan fingerprint density at radius 3 is 2.35 bits per heavy atom. The maximum absolute atomic E-state index is 6.23. The van der Waals surface area contributed by atoms with E-state index >= 15 is 0 Å². The Bertz CT molecular complexity index is 614. The molecule has 0 fully saturated rings. The summed E-state index contributed by atoms with van der Waals surface area (Å²) in [5.74, 6) is 1.57. The van der Waals surface area contributed by atoms with Crippen LogP contribution in [0.1, 0.15) is 63.0 Å². The van der Waals surface area contributed by atoms with Crippen molar-refractivity contribution in [1.29, 1.82) is 0 Å². The van der Waals surface area contributed by atoms with Gasteiger partial charge in [0.15, 0.2) is 0 Å². The Morgan fingerprint density at radius 1 is 1.20 bits per heavy atom. The van der Waals surface area contributed by atoms with Crippen LogP contribution in [0.2, 0.25) is 0 Å². The first-order chi connectivity index (χ1) is 9.27. The smallest absolute Gasteiger partial charge is 0.137 e. The predicted octanol–water partition coefficient (Wildman–Crippen LogP) is 4.88. The monoisotopic (exact) mass is 273 g/mol. The molecule has 0 radical (unpaired) electrons. The van der Waals surface area contributed by atoms with E-state index in [0.717, 1.165) is 17.9 Å². The SMILES string of the molecule is CNCc1oc2c(C)ccc(C(C)C)c2c1C(C)(C)C. The highest BCUT2D eigenvalue weighted by Gasteiger charge is 2.27. The van der Waals surface area contributed by atoms with Crippen LogP contribution < -0.4 is 5.32 Å². The number of aryl methyl sites for hydroxylation is 1. The van der Waals surface area contributed by atoms with Gasteiger partial charge in [-0.15, -0.1) is 0 Å². The van der Waals surface area contributed by atoms with Gasteiger partial charge in [-0.05, 0) is 36.4 Å². The summed E-state index contributed by atoms with van der Waals surface area (Å²) in [5, 5.41) is 4.56. The maximum atomic E-state index is 6.23. The first-order valence-electron chi connectivity index (χ1n) is 7.47. The van der Waals surface area contributed by atoms with Gasteiger partial charge >= 0.3 is 0 Å². The lowest BCUT2D eigenvalue weighted by Gasteiger charge is -2.21.